The van der Waals surface area contributed by atoms with Crippen LogP contribution < -0.4 is 0 Å². The number of aromatic nitrogens is 2. The zero-order valence-electron chi connectivity index (χ0n) is 11.2. The average molecular weight is 342 g/mol. The number of halogens is 2. The van der Waals surface area contributed by atoms with E-state index >= 15 is 0 Å². The minimum Gasteiger partial charge on any atom is -0.324 e. The summed E-state index contributed by atoms with van der Waals surface area (Å²) in [5.74, 6) is 1.76. The monoisotopic (exact) mass is 340 g/mol. The highest BCUT2D eigenvalue weighted by molar-refractivity contribution is 9.10. The topological polar surface area (TPSA) is 17.8 Å². The Bertz CT molecular complexity index is 601. The fourth-order valence-corrected chi connectivity index (χ4v) is 3.43. The van der Waals surface area contributed by atoms with E-state index in [1.54, 1.807) is 0 Å². The van der Waals surface area contributed by atoms with Crippen molar-refractivity contribution in [2.45, 2.75) is 44.5 Å². The van der Waals surface area contributed by atoms with E-state index in [0.717, 1.165) is 21.7 Å². The average Bonchev–Trinajstić information content (AvgIpc) is 2.64. The van der Waals surface area contributed by atoms with E-state index in [1.807, 2.05) is 13.0 Å². The van der Waals surface area contributed by atoms with Gasteiger partial charge < -0.3 is 4.57 Å². The number of fused-ring (bicyclic) bond motifs is 1. The fraction of sp³-hybridized carbons (Fsp3) is 0.533. The number of nitrogens with zero attached hydrogens (tertiary/aromatic N) is 2. The first-order valence-corrected chi connectivity index (χ1v) is 8.12. The predicted molar refractivity (Wildman–Crippen MR) is 83.8 cm³/mol. The van der Waals surface area contributed by atoms with Crippen molar-refractivity contribution in [2.24, 2.45) is 5.92 Å². The Labute approximate surface area is 127 Å². The third kappa shape index (κ3) is 2.31. The second-order valence-corrected chi connectivity index (χ2v) is 7.09. The molecule has 1 fully saturated rings. The smallest absolute Gasteiger partial charge is 0.127 e. The van der Waals surface area contributed by atoms with Crippen LogP contribution in [-0.2, 0) is 0 Å². The van der Waals surface area contributed by atoms with Crippen LogP contribution in [0.3, 0.4) is 0 Å². The highest BCUT2D eigenvalue weighted by atomic mass is 79.9. The summed E-state index contributed by atoms with van der Waals surface area (Å²) in [6.07, 6.45) is 4.01. The van der Waals surface area contributed by atoms with E-state index in [-0.39, 0.29) is 5.38 Å². The van der Waals surface area contributed by atoms with E-state index in [0.29, 0.717) is 6.04 Å². The molecule has 0 radical (unpaired) electrons. The summed E-state index contributed by atoms with van der Waals surface area (Å²) < 4.78 is 3.44. The number of benzene rings is 1. The van der Waals surface area contributed by atoms with Crippen molar-refractivity contribution in [3.05, 3.63) is 28.5 Å². The lowest BCUT2D eigenvalue weighted by atomic mass is 9.80. The molecule has 3 rings (SSSR count). The largest absolute Gasteiger partial charge is 0.324 e. The molecule has 1 aromatic carbocycles. The summed E-state index contributed by atoms with van der Waals surface area (Å²) in [5.41, 5.74) is 2.23. The van der Waals surface area contributed by atoms with Gasteiger partial charge in [-0.2, -0.15) is 0 Å². The van der Waals surface area contributed by atoms with Gasteiger partial charge in [-0.05, 0) is 50.8 Å². The van der Waals surface area contributed by atoms with E-state index in [2.05, 4.69) is 39.6 Å². The lowest BCUT2D eigenvalue weighted by Gasteiger charge is -2.33. The second kappa shape index (κ2) is 5.10. The number of imidazole rings is 1. The third-order valence-electron chi connectivity index (χ3n) is 4.27. The molecule has 19 heavy (non-hydrogen) atoms. The van der Waals surface area contributed by atoms with Crippen molar-refractivity contribution >= 4 is 38.6 Å². The molecule has 0 spiro atoms. The minimum atomic E-state index is -0.0614. The van der Waals surface area contributed by atoms with Crippen LogP contribution in [0.5, 0.6) is 0 Å². The molecule has 1 aliphatic rings. The van der Waals surface area contributed by atoms with Crippen LogP contribution in [0.15, 0.2) is 22.7 Å². The summed E-state index contributed by atoms with van der Waals surface area (Å²) in [6, 6.07) is 6.73. The molecular formula is C15H18BrClN2. The Morgan fingerprint density at radius 3 is 2.68 bits per heavy atom. The summed E-state index contributed by atoms with van der Waals surface area (Å²) in [7, 11) is 0. The molecule has 1 saturated carbocycles. The van der Waals surface area contributed by atoms with Gasteiger partial charge in [0.25, 0.3) is 0 Å². The van der Waals surface area contributed by atoms with E-state index in [1.165, 1.54) is 24.8 Å². The molecule has 102 valence electrons. The number of hydrogen-bond donors (Lipinski definition) is 0. The molecule has 2 atom stereocenters. The van der Waals surface area contributed by atoms with Crippen molar-refractivity contribution in [1.29, 1.82) is 0 Å². The molecule has 4 heteroatoms. The molecule has 2 unspecified atom stereocenters. The Morgan fingerprint density at radius 2 is 2.11 bits per heavy atom. The highest BCUT2D eigenvalue weighted by Gasteiger charge is 2.29. The number of rotatable bonds is 3. The Morgan fingerprint density at radius 1 is 1.37 bits per heavy atom. The first-order chi connectivity index (χ1) is 9.08. The normalized spacial score (nSPS) is 19.4. The Hall–Kier alpha value is -0.540. The van der Waals surface area contributed by atoms with Gasteiger partial charge in [0.1, 0.15) is 5.82 Å². The Balaban J connectivity index is 2.17. The van der Waals surface area contributed by atoms with Crippen molar-refractivity contribution < 1.29 is 0 Å². The molecule has 2 aromatic rings. The van der Waals surface area contributed by atoms with Crippen molar-refractivity contribution in [1.82, 2.24) is 9.55 Å². The second-order valence-electron chi connectivity index (χ2n) is 5.52. The van der Waals surface area contributed by atoms with Gasteiger partial charge in [0.2, 0.25) is 0 Å². The fourth-order valence-electron chi connectivity index (χ4n) is 2.93. The van der Waals surface area contributed by atoms with E-state index in [9.17, 15) is 0 Å². The molecule has 0 saturated heterocycles. The maximum Gasteiger partial charge on any atom is 0.127 e. The number of alkyl halides is 1. The van der Waals surface area contributed by atoms with Crippen molar-refractivity contribution in [3.63, 3.8) is 0 Å². The summed E-state index contributed by atoms with van der Waals surface area (Å²) in [4.78, 5) is 4.73. The predicted octanol–water partition coefficient (Wildman–Crippen LogP) is 5.46. The van der Waals surface area contributed by atoms with Crippen molar-refractivity contribution in [3.8, 4) is 0 Å². The lowest BCUT2D eigenvalue weighted by molar-refractivity contribution is 0.223. The molecule has 1 aliphatic carbocycles. The summed E-state index contributed by atoms with van der Waals surface area (Å²) in [6.45, 7) is 4.30. The zero-order valence-corrected chi connectivity index (χ0v) is 13.6. The molecule has 0 amide bonds. The van der Waals surface area contributed by atoms with Crippen molar-refractivity contribution in [2.75, 3.05) is 0 Å². The molecule has 2 nitrogen and oxygen atoms in total. The lowest BCUT2D eigenvalue weighted by Crippen LogP contribution is -2.24. The molecule has 0 aliphatic heterocycles. The van der Waals surface area contributed by atoms with Gasteiger partial charge in [-0.1, -0.05) is 22.4 Å². The van der Waals surface area contributed by atoms with Crippen LogP contribution in [-0.4, -0.2) is 9.55 Å². The molecule has 0 N–H and O–H groups in total. The Kier molecular flexibility index (Phi) is 3.61. The van der Waals surface area contributed by atoms with Gasteiger partial charge in [0, 0.05) is 10.5 Å². The molecular weight excluding hydrogens is 324 g/mol. The van der Waals surface area contributed by atoms with E-state index in [4.69, 9.17) is 16.6 Å². The van der Waals surface area contributed by atoms with Crippen LogP contribution in [0.1, 0.15) is 50.4 Å². The van der Waals surface area contributed by atoms with Crippen LogP contribution in [0, 0.1) is 5.92 Å². The maximum atomic E-state index is 6.33. The quantitative estimate of drug-likeness (QED) is 0.678. The number of hydrogen-bond acceptors (Lipinski definition) is 1. The third-order valence-corrected chi connectivity index (χ3v) is 4.96. The van der Waals surface area contributed by atoms with Crippen LogP contribution in [0.2, 0.25) is 0 Å². The zero-order chi connectivity index (χ0) is 13.6. The van der Waals surface area contributed by atoms with Crippen LogP contribution >= 0.6 is 27.5 Å². The first-order valence-electron chi connectivity index (χ1n) is 6.89. The van der Waals surface area contributed by atoms with Gasteiger partial charge in [0.05, 0.1) is 16.4 Å². The molecule has 1 heterocycles. The van der Waals surface area contributed by atoms with Gasteiger partial charge >= 0.3 is 0 Å². The standard InChI is InChI=1S/C15H18BrClN2/c1-9(17)15-18-13-7-6-12(16)8-14(13)19(15)10(2)11-4-3-5-11/h6-11H,3-5H2,1-2H3. The van der Waals surface area contributed by atoms with Gasteiger partial charge in [0.15, 0.2) is 0 Å². The summed E-state index contributed by atoms with van der Waals surface area (Å²) in [5, 5.41) is -0.0614. The highest BCUT2D eigenvalue weighted by Crippen LogP contribution is 2.40. The molecule has 0 bridgehead atoms. The summed E-state index contributed by atoms with van der Waals surface area (Å²) >= 11 is 9.89. The van der Waals surface area contributed by atoms with E-state index < -0.39 is 0 Å². The minimum absolute atomic E-state index is 0.0614. The first kappa shape index (κ1) is 13.4. The SMILES string of the molecule is CC(Cl)c1nc2ccc(Br)cc2n1C(C)C1CCC1. The van der Waals surface area contributed by atoms with Crippen LogP contribution in [0.4, 0.5) is 0 Å². The van der Waals surface area contributed by atoms with Gasteiger partial charge in [-0.25, -0.2) is 4.98 Å². The maximum absolute atomic E-state index is 6.33. The van der Waals surface area contributed by atoms with Gasteiger partial charge in [-0.15, -0.1) is 11.6 Å². The van der Waals surface area contributed by atoms with Crippen LogP contribution in [0.25, 0.3) is 11.0 Å². The molecule has 1 aromatic heterocycles. The van der Waals surface area contributed by atoms with Gasteiger partial charge in [-0.3, -0.25) is 0 Å².